The first-order valence-electron chi connectivity index (χ1n) is 7.80. The molecule has 0 amide bonds. The number of hydrogen-bond donors (Lipinski definition) is 1. The molecule has 0 aliphatic carbocycles. The lowest BCUT2D eigenvalue weighted by Crippen LogP contribution is -2.33. The lowest BCUT2D eigenvalue weighted by molar-refractivity contribution is 0.365. The fourth-order valence-electron chi connectivity index (χ4n) is 2.60. The molecule has 120 valence electrons. The van der Waals surface area contributed by atoms with E-state index in [0.717, 1.165) is 17.8 Å². The van der Waals surface area contributed by atoms with Crippen molar-refractivity contribution in [2.75, 3.05) is 0 Å². The minimum Gasteiger partial charge on any atom is -0.308 e. The third kappa shape index (κ3) is 3.48. The molecule has 6 nitrogen and oxygen atoms in total. The van der Waals surface area contributed by atoms with E-state index in [1.165, 1.54) is 5.56 Å². The summed E-state index contributed by atoms with van der Waals surface area (Å²) in [6, 6.07) is 6.49. The van der Waals surface area contributed by atoms with Gasteiger partial charge in [0.2, 0.25) is 0 Å². The van der Waals surface area contributed by atoms with Crippen molar-refractivity contribution < 1.29 is 0 Å². The number of aromatic nitrogens is 5. The van der Waals surface area contributed by atoms with Gasteiger partial charge in [-0.05, 0) is 32.0 Å². The van der Waals surface area contributed by atoms with Gasteiger partial charge in [-0.2, -0.15) is 10.2 Å². The molecule has 0 aromatic carbocycles. The summed E-state index contributed by atoms with van der Waals surface area (Å²) in [5.41, 5.74) is 3.18. The highest BCUT2D eigenvalue weighted by Crippen LogP contribution is 2.21. The van der Waals surface area contributed by atoms with Crippen LogP contribution in [-0.2, 0) is 13.6 Å². The van der Waals surface area contributed by atoms with E-state index in [9.17, 15) is 0 Å². The topological polar surface area (TPSA) is 60.6 Å². The van der Waals surface area contributed by atoms with Gasteiger partial charge < -0.3 is 5.32 Å². The average molecular weight is 310 g/mol. The number of nitrogens with zero attached hydrogens (tertiary/aromatic N) is 5. The molecule has 0 bridgehead atoms. The maximum Gasteiger partial charge on any atom is 0.0983 e. The van der Waals surface area contributed by atoms with E-state index in [4.69, 9.17) is 0 Å². The van der Waals surface area contributed by atoms with Gasteiger partial charge in [0.15, 0.2) is 0 Å². The maximum atomic E-state index is 4.57. The Bertz CT molecular complexity index is 732. The van der Waals surface area contributed by atoms with Crippen molar-refractivity contribution in [3.63, 3.8) is 0 Å². The predicted molar refractivity (Wildman–Crippen MR) is 89.7 cm³/mol. The van der Waals surface area contributed by atoms with Gasteiger partial charge in [0.25, 0.3) is 0 Å². The Labute approximate surface area is 136 Å². The molecule has 0 saturated heterocycles. The summed E-state index contributed by atoms with van der Waals surface area (Å²) in [7, 11) is 1.94. The summed E-state index contributed by atoms with van der Waals surface area (Å²) in [4.78, 5) is 4.19. The summed E-state index contributed by atoms with van der Waals surface area (Å²) < 4.78 is 3.82. The van der Waals surface area contributed by atoms with Crippen LogP contribution in [0.25, 0.3) is 11.3 Å². The predicted octanol–water partition coefficient (Wildman–Crippen LogP) is 2.42. The SMILES string of the molecule is C[C@H]([C@@H](C)NCc1cn(C)nc1-c1cccnc1)n1cccn1. The number of rotatable bonds is 6. The van der Waals surface area contributed by atoms with Crippen LogP contribution in [0.2, 0.25) is 0 Å². The first-order chi connectivity index (χ1) is 11.1. The fraction of sp³-hybridized carbons (Fsp3) is 0.353. The molecular formula is C17H22N6. The molecule has 0 aliphatic heterocycles. The third-order valence-corrected chi connectivity index (χ3v) is 4.12. The summed E-state index contributed by atoms with van der Waals surface area (Å²) in [5, 5.41) is 12.5. The number of pyridine rings is 1. The van der Waals surface area contributed by atoms with Crippen LogP contribution in [0.3, 0.4) is 0 Å². The molecule has 0 saturated carbocycles. The van der Waals surface area contributed by atoms with Gasteiger partial charge in [0.05, 0.1) is 11.7 Å². The van der Waals surface area contributed by atoms with E-state index >= 15 is 0 Å². The normalized spacial score (nSPS) is 13.9. The van der Waals surface area contributed by atoms with Gasteiger partial charge in [0.1, 0.15) is 0 Å². The van der Waals surface area contributed by atoms with Gasteiger partial charge in [-0.3, -0.25) is 14.3 Å². The van der Waals surface area contributed by atoms with Crippen LogP contribution >= 0.6 is 0 Å². The second-order valence-electron chi connectivity index (χ2n) is 5.81. The molecule has 6 heteroatoms. The van der Waals surface area contributed by atoms with Crippen molar-refractivity contribution in [2.45, 2.75) is 32.5 Å². The van der Waals surface area contributed by atoms with Gasteiger partial charge in [0, 0.05) is 61.7 Å². The Morgan fingerprint density at radius 3 is 2.78 bits per heavy atom. The van der Waals surface area contributed by atoms with Crippen LogP contribution in [0, 0.1) is 0 Å². The van der Waals surface area contributed by atoms with Gasteiger partial charge in [-0.1, -0.05) is 0 Å². The quantitative estimate of drug-likeness (QED) is 0.759. The summed E-state index contributed by atoms with van der Waals surface area (Å²) in [6.07, 6.45) is 9.49. The fourth-order valence-corrected chi connectivity index (χ4v) is 2.60. The molecule has 23 heavy (non-hydrogen) atoms. The van der Waals surface area contributed by atoms with Crippen molar-refractivity contribution in [3.8, 4) is 11.3 Å². The minimum absolute atomic E-state index is 0.281. The molecule has 0 radical (unpaired) electrons. The third-order valence-electron chi connectivity index (χ3n) is 4.12. The lowest BCUT2D eigenvalue weighted by atomic mass is 10.1. The smallest absolute Gasteiger partial charge is 0.0983 e. The van der Waals surface area contributed by atoms with Crippen LogP contribution < -0.4 is 5.32 Å². The van der Waals surface area contributed by atoms with Gasteiger partial charge in [-0.25, -0.2) is 0 Å². The Kier molecular flexibility index (Phi) is 4.52. The Morgan fingerprint density at radius 2 is 2.09 bits per heavy atom. The standard InChI is InChI=1S/C17H22N6/c1-13(14(2)23-9-5-8-20-23)19-11-16-12-22(3)21-17(16)15-6-4-7-18-10-15/h4-10,12-14,19H,11H2,1-3H3/t13-,14-/m1/s1. The zero-order valence-corrected chi connectivity index (χ0v) is 13.7. The highest BCUT2D eigenvalue weighted by molar-refractivity contribution is 5.61. The summed E-state index contributed by atoms with van der Waals surface area (Å²) in [6.45, 7) is 5.09. The number of hydrogen-bond acceptors (Lipinski definition) is 4. The first kappa shape index (κ1) is 15.4. The van der Waals surface area contributed by atoms with E-state index in [2.05, 4.69) is 40.5 Å². The second kappa shape index (κ2) is 6.75. The average Bonchev–Trinajstić information content (AvgIpc) is 3.22. The molecule has 0 aliphatic rings. The van der Waals surface area contributed by atoms with E-state index in [1.807, 2.05) is 53.2 Å². The van der Waals surface area contributed by atoms with E-state index < -0.39 is 0 Å². The van der Waals surface area contributed by atoms with Crippen molar-refractivity contribution in [3.05, 3.63) is 54.7 Å². The molecule has 3 heterocycles. The monoisotopic (exact) mass is 310 g/mol. The van der Waals surface area contributed by atoms with Crippen molar-refractivity contribution in [1.29, 1.82) is 0 Å². The molecule has 0 fully saturated rings. The summed E-state index contributed by atoms with van der Waals surface area (Å²) >= 11 is 0. The molecule has 0 unspecified atom stereocenters. The van der Waals surface area contributed by atoms with Crippen LogP contribution in [0.15, 0.2) is 49.2 Å². The summed E-state index contributed by atoms with van der Waals surface area (Å²) in [5.74, 6) is 0. The molecule has 3 rings (SSSR count). The number of aryl methyl sites for hydroxylation is 1. The molecule has 0 spiro atoms. The van der Waals surface area contributed by atoms with E-state index in [1.54, 1.807) is 6.20 Å². The Hall–Kier alpha value is -2.47. The first-order valence-corrected chi connectivity index (χ1v) is 7.80. The maximum absolute atomic E-state index is 4.57. The highest BCUT2D eigenvalue weighted by Gasteiger charge is 2.16. The van der Waals surface area contributed by atoms with Crippen LogP contribution in [0.4, 0.5) is 0 Å². The zero-order valence-electron chi connectivity index (χ0n) is 13.7. The minimum atomic E-state index is 0.281. The van der Waals surface area contributed by atoms with Crippen LogP contribution in [0.1, 0.15) is 25.5 Å². The van der Waals surface area contributed by atoms with Crippen molar-refractivity contribution in [2.24, 2.45) is 7.05 Å². The molecule has 2 atom stereocenters. The highest BCUT2D eigenvalue weighted by atomic mass is 15.3. The Morgan fingerprint density at radius 1 is 1.22 bits per heavy atom. The zero-order chi connectivity index (χ0) is 16.2. The molecular weight excluding hydrogens is 288 g/mol. The van der Waals surface area contributed by atoms with Crippen molar-refractivity contribution >= 4 is 0 Å². The molecule has 3 aromatic heterocycles. The molecule has 1 N–H and O–H groups in total. The second-order valence-corrected chi connectivity index (χ2v) is 5.81. The molecule has 3 aromatic rings. The van der Waals surface area contributed by atoms with Crippen LogP contribution in [-0.4, -0.2) is 30.6 Å². The lowest BCUT2D eigenvalue weighted by Gasteiger charge is -2.21. The van der Waals surface area contributed by atoms with Crippen LogP contribution in [0.5, 0.6) is 0 Å². The largest absolute Gasteiger partial charge is 0.308 e. The van der Waals surface area contributed by atoms with E-state index in [0.29, 0.717) is 0 Å². The van der Waals surface area contributed by atoms with Gasteiger partial charge in [-0.15, -0.1) is 0 Å². The van der Waals surface area contributed by atoms with E-state index in [-0.39, 0.29) is 12.1 Å². The van der Waals surface area contributed by atoms with Crippen molar-refractivity contribution in [1.82, 2.24) is 29.9 Å². The number of nitrogens with one attached hydrogen (secondary N) is 1. The Balaban J connectivity index is 1.71. The van der Waals surface area contributed by atoms with Gasteiger partial charge >= 0.3 is 0 Å².